The molecular weight excluding hydrogens is 489 g/mol. The number of ether oxygens (including phenoxy) is 1. The molecule has 9 heteroatoms. The zero-order valence-corrected chi connectivity index (χ0v) is 21.1. The van der Waals surface area contributed by atoms with Gasteiger partial charge in [0.25, 0.3) is 0 Å². The van der Waals surface area contributed by atoms with Crippen molar-refractivity contribution in [1.29, 1.82) is 5.26 Å². The summed E-state index contributed by atoms with van der Waals surface area (Å²) in [6.45, 7) is 3.55. The Morgan fingerprint density at radius 3 is 2.37 bits per heavy atom. The Morgan fingerprint density at radius 1 is 1.17 bits per heavy atom. The second-order valence-corrected chi connectivity index (χ2v) is 9.70. The number of nitriles is 1. The number of esters is 1. The minimum Gasteiger partial charge on any atom is -0.462 e. The van der Waals surface area contributed by atoms with E-state index in [4.69, 9.17) is 33.7 Å². The van der Waals surface area contributed by atoms with Crippen LogP contribution in [0.1, 0.15) is 50.2 Å². The zero-order chi connectivity index (χ0) is 25.8. The van der Waals surface area contributed by atoms with Gasteiger partial charge in [0, 0.05) is 21.5 Å². The number of amides is 1. The molecule has 0 radical (unpaired) electrons. The van der Waals surface area contributed by atoms with Crippen molar-refractivity contribution in [3.8, 4) is 6.07 Å². The molecule has 0 saturated carbocycles. The maximum atomic E-state index is 13.4. The van der Waals surface area contributed by atoms with Crippen molar-refractivity contribution >= 4 is 35.1 Å². The fraction of sp³-hybridized carbons (Fsp3) is 0.423. The van der Waals surface area contributed by atoms with E-state index < -0.39 is 47.5 Å². The van der Waals surface area contributed by atoms with E-state index in [0.717, 1.165) is 5.56 Å². The van der Waals surface area contributed by atoms with Crippen LogP contribution in [0.15, 0.2) is 48.5 Å². The lowest BCUT2D eigenvalue weighted by molar-refractivity contribution is -0.150. The fourth-order valence-electron chi connectivity index (χ4n) is 5.36. The molecule has 1 fully saturated rings. The molecule has 2 aromatic rings. The molecule has 0 aliphatic carbocycles. The molecule has 0 aromatic heterocycles. The number of hydrogen-bond acceptors (Lipinski definition) is 6. The second kappa shape index (κ2) is 11.0. The fourth-order valence-corrected chi connectivity index (χ4v) is 5.69. The Bertz CT molecular complexity index is 1110. The minimum atomic E-state index is -1.22. The smallest absolute Gasteiger partial charge is 0.323 e. The third-order valence-corrected chi connectivity index (χ3v) is 7.47. The number of carbonyl (C=O) groups is 2. The van der Waals surface area contributed by atoms with Gasteiger partial charge in [0.05, 0.1) is 18.6 Å². The van der Waals surface area contributed by atoms with Gasteiger partial charge in [0.2, 0.25) is 5.91 Å². The summed E-state index contributed by atoms with van der Waals surface area (Å²) < 4.78 is 5.42. The standard InChI is InChI=1S/C26H29Cl2N3O4/c1-3-25(4-2)26(15-29,17-8-10-18(27)11-9-17)22(16-6-5-7-19(28)12-16)23(31-25)24(34)35-14-20(32)13-21(30)33/h5-12,20,22-23,31-32H,3-4,13-14H2,1-2H3,(H2,30,33)/t20-,22-,23+,26+/m0/s1. The molecule has 0 spiro atoms. The molecule has 186 valence electrons. The van der Waals surface area contributed by atoms with Crippen molar-refractivity contribution in [2.75, 3.05) is 6.61 Å². The van der Waals surface area contributed by atoms with Gasteiger partial charge < -0.3 is 15.6 Å². The first-order valence-corrected chi connectivity index (χ1v) is 12.2. The van der Waals surface area contributed by atoms with Crippen molar-refractivity contribution in [2.24, 2.45) is 5.73 Å². The molecule has 1 aliphatic heterocycles. The number of rotatable bonds is 9. The Balaban J connectivity index is 2.17. The molecule has 35 heavy (non-hydrogen) atoms. The Morgan fingerprint density at radius 2 is 1.83 bits per heavy atom. The molecule has 3 rings (SSSR count). The van der Waals surface area contributed by atoms with E-state index in [-0.39, 0.29) is 6.42 Å². The highest BCUT2D eigenvalue weighted by Crippen LogP contribution is 2.56. The van der Waals surface area contributed by atoms with E-state index in [2.05, 4.69) is 11.4 Å². The van der Waals surface area contributed by atoms with Crippen LogP contribution in [0.4, 0.5) is 0 Å². The van der Waals surface area contributed by atoms with E-state index in [1.807, 2.05) is 32.0 Å². The lowest BCUT2D eigenvalue weighted by atomic mass is 9.58. The summed E-state index contributed by atoms with van der Waals surface area (Å²) in [7, 11) is 0. The number of carbonyl (C=O) groups excluding carboxylic acids is 2. The molecule has 1 saturated heterocycles. The van der Waals surface area contributed by atoms with E-state index >= 15 is 0 Å². The minimum absolute atomic E-state index is 0.330. The van der Waals surface area contributed by atoms with Gasteiger partial charge in [-0.1, -0.05) is 61.3 Å². The summed E-state index contributed by atoms with van der Waals surface area (Å²) in [5.41, 5.74) is 4.57. The number of nitrogens with two attached hydrogens (primary N) is 1. The van der Waals surface area contributed by atoms with Crippen LogP contribution in [0.25, 0.3) is 0 Å². The molecular formula is C26H29Cl2N3O4. The van der Waals surface area contributed by atoms with Crippen LogP contribution in [0.2, 0.25) is 10.0 Å². The van der Waals surface area contributed by atoms with Crippen molar-refractivity contribution in [3.63, 3.8) is 0 Å². The van der Waals surface area contributed by atoms with Gasteiger partial charge in [-0.25, -0.2) is 0 Å². The Hall–Kier alpha value is -2.63. The average molecular weight is 518 g/mol. The van der Waals surface area contributed by atoms with Gasteiger partial charge in [0.15, 0.2) is 0 Å². The van der Waals surface area contributed by atoms with Crippen molar-refractivity contribution < 1.29 is 19.4 Å². The molecule has 1 aliphatic rings. The summed E-state index contributed by atoms with van der Waals surface area (Å²) in [6.07, 6.45) is -0.457. The lowest BCUT2D eigenvalue weighted by Gasteiger charge is -2.43. The first-order valence-electron chi connectivity index (χ1n) is 11.5. The van der Waals surface area contributed by atoms with Gasteiger partial charge in [0.1, 0.15) is 18.1 Å². The van der Waals surface area contributed by atoms with Gasteiger partial charge in [-0.2, -0.15) is 5.26 Å². The molecule has 0 unspecified atom stereocenters. The molecule has 4 atom stereocenters. The van der Waals surface area contributed by atoms with Gasteiger partial charge in [-0.15, -0.1) is 0 Å². The molecule has 4 N–H and O–H groups in total. The largest absolute Gasteiger partial charge is 0.462 e. The van der Waals surface area contributed by atoms with Crippen LogP contribution < -0.4 is 11.1 Å². The SMILES string of the molecule is CCC1(CC)N[C@@H](C(=O)OC[C@@H](O)CC(N)=O)[C@H](c2cccc(Cl)c2)[C@@]1(C#N)c1ccc(Cl)cc1. The van der Waals surface area contributed by atoms with Crippen LogP contribution in [-0.4, -0.2) is 41.3 Å². The number of hydrogen-bond donors (Lipinski definition) is 3. The zero-order valence-electron chi connectivity index (χ0n) is 19.6. The first kappa shape index (κ1) is 27.0. The van der Waals surface area contributed by atoms with Crippen LogP contribution in [0, 0.1) is 11.3 Å². The molecule has 2 aromatic carbocycles. The van der Waals surface area contributed by atoms with E-state index in [0.29, 0.717) is 28.5 Å². The number of nitrogens with zero attached hydrogens (tertiary/aromatic N) is 1. The number of halogens is 2. The quantitative estimate of drug-likeness (QED) is 0.433. The maximum Gasteiger partial charge on any atom is 0.323 e. The number of aliphatic hydroxyl groups is 1. The molecule has 1 amide bonds. The Kier molecular flexibility index (Phi) is 8.45. The van der Waals surface area contributed by atoms with E-state index in [1.165, 1.54) is 0 Å². The number of primary amides is 1. The van der Waals surface area contributed by atoms with Crippen molar-refractivity contribution in [2.45, 2.75) is 62.1 Å². The van der Waals surface area contributed by atoms with E-state index in [1.54, 1.807) is 30.3 Å². The number of aliphatic hydroxyl groups excluding tert-OH is 1. The summed E-state index contributed by atoms with van der Waals surface area (Å²) in [5, 5.41) is 25.3. The van der Waals surface area contributed by atoms with Crippen LogP contribution in [0.3, 0.4) is 0 Å². The number of benzene rings is 2. The normalized spacial score (nSPS) is 23.9. The average Bonchev–Trinajstić information content (AvgIpc) is 3.14. The van der Waals surface area contributed by atoms with Crippen LogP contribution >= 0.6 is 23.2 Å². The molecule has 1 heterocycles. The van der Waals surface area contributed by atoms with E-state index in [9.17, 15) is 20.0 Å². The predicted molar refractivity (Wildman–Crippen MR) is 134 cm³/mol. The topological polar surface area (TPSA) is 125 Å². The van der Waals surface area contributed by atoms with Gasteiger partial charge in [-0.3, -0.25) is 14.9 Å². The second-order valence-electron chi connectivity index (χ2n) is 8.82. The summed E-state index contributed by atoms with van der Waals surface area (Å²) in [6, 6.07) is 15.8. The predicted octanol–water partition coefficient (Wildman–Crippen LogP) is 3.85. The molecule has 0 bridgehead atoms. The van der Waals surface area contributed by atoms with Crippen molar-refractivity contribution in [1.82, 2.24) is 5.32 Å². The van der Waals surface area contributed by atoms with Gasteiger partial charge in [-0.05, 0) is 48.2 Å². The highest BCUT2D eigenvalue weighted by molar-refractivity contribution is 6.30. The molecule has 7 nitrogen and oxygen atoms in total. The third-order valence-electron chi connectivity index (χ3n) is 6.99. The monoisotopic (exact) mass is 517 g/mol. The van der Waals surface area contributed by atoms with Crippen molar-refractivity contribution in [3.05, 3.63) is 69.7 Å². The lowest BCUT2D eigenvalue weighted by Crippen LogP contribution is -2.55. The summed E-state index contributed by atoms with van der Waals surface area (Å²) >= 11 is 12.5. The van der Waals surface area contributed by atoms with Crippen LogP contribution in [-0.2, 0) is 19.7 Å². The highest BCUT2D eigenvalue weighted by atomic mass is 35.5. The summed E-state index contributed by atoms with van der Waals surface area (Å²) in [4.78, 5) is 24.5. The van der Waals surface area contributed by atoms with Gasteiger partial charge >= 0.3 is 5.97 Å². The highest BCUT2D eigenvalue weighted by Gasteiger charge is 2.66. The summed E-state index contributed by atoms with van der Waals surface area (Å²) in [5.74, 6) is -2.02. The first-order chi connectivity index (χ1) is 16.6. The van der Waals surface area contributed by atoms with Crippen LogP contribution in [0.5, 0.6) is 0 Å². The number of nitrogens with one attached hydrogen (secondary N) is 1. The third kappa shape index (κ3) is 5.03. The maximum absolute atomic E-state index is 13.4. The Labute approximate surface area is 215 Å².